The lowest BCUT2D eigenvalue weighted by molar-refractivity contribution is 0.729. The topological polar surface area (TPSA) is 25.2 Å². The number of rotatable bonds is 0. The quantitative estimate of drug-likeness (QED) is 0.572. The van der Waals surface area contributed by atoms with Crippen LogP contribution in [0.4, 0.5) is 5.69 Å². The summed E-state index contributed by atoms with van der Waals surface area (Å²) >= 11 is 0. The van der Waals surface area contributed by atoms with Crippen molar-refractivity contribution in [3.8, 4) is 0 Å². The lowest BCUT2D eigenvalue weighted by Crippen LogP contribution is -2.22. The zero-order valence-corrected chi connectivity index (χ0v) is 7.63. The van der Waals surface area contributed by atoms with Crippen molar-refractivity contribution in [2.24, 2.45) is 4.99 Å². The van der Waals surface area contributed by atoms with E-state index in [-0.39, 0.29) is 5.41 Å². The Morgan fingerprint density at radius 1 is 1.33 bits per heavy atom. The molecule has 0 saturated carbocycles. The molecule has 1 aromatic heterocycles. The van der Waals surface area contributed by atoms with Crippen LogP contribution >= 0.6 is 0 Å². The van der Waals surface area contributed by atoms with Crippen molar-refractivity contribution in [3.05, 3.63) is 24.0 Å². The van der Waals surface area contributed by atoms with Gasteiger partial charge in [0.1, 0.15) is 0 Å². The van der Waals surface area contributed by atoms with Gasteiger partial charge in [0.2, 0.25) is 0 Å². The van der Waals surface area contributed by atoms with Crippen molar-refractivity contribution in [1.29, 1.82) is 0 Å². The van der Waals surface area contributed by atoms with Crippen LogP contribution in [-0.4, -0.2) is 10.7 Å². The lowest BCUT2D eigenvalue weighted by Gasteiger charge is -2.18. The van der Waals surface area contributed by atoms with E-state index in [2.05, 4.69) is 30.7 Å². The maximum absolute atomic E-state index is 4.48. The zero-order chi connectivity index (χ0) is 8.77. The Labute approximate surface area is 72.4 Å². The van der Waals surface area contributed by atoms with Gasteiger partial charge in [-0.2, -0.15) is 0 Å². The Bertz CT molecular complexity index is 351. The second-order valence-corrected chi connectivity index (χ2v) is 3.72. The molecule has 0 aromatic carbocycles. The van der Waals surface area contributed by atoms with Crippen LogP contribution in [0, 0.1) is 0 Å². The summed E-state index contributed by atoms with van der Waals surface area (Å²) in [6, 6.07) is 1.97. The van der Waals surface area contributed by atoms with Crippen molar-refractivity contribution in [3.63, 3.8) is 0 Å². The Hall–Kier alpha value is -1.18. The second kappa shape index (κ2) is 2.16. The average molecular weight is 160 g/mol. The minimum Gasteiger partial charge on any atom is -0.264 e. The predicted molar refractivity (Wildman–Crippen MR) is 50.0 cm³/mol. The number of hydrogen-bond donors (Lipinski definition) is 0. The molecule has 0 spiro atoms. The van der Waals surface area contributed by atoms with Crippen LogP contribution in [0.25, 0.3) is 0 Å². The van der Waals surface area contributed by atoms with Gasteiger partial charge >= 0.3 is 0 Å². The first-order valence-electron chi connectivity index (χ1n) is 4.12. The SMILES string of the molecule is CC1=Nc2ccncc2C1(C)C. The average Bonchev–Trinajstić information content (AvgIpc) is 2.25. The molecule has 1 aliphatic rings. The first-order valence-corrected chi connectivity index (χ1v) is 4.12. The summed E-state index contributed by atoms with van der Waals surface area (Å²) < 4.78 is 0. The fourth-order valence-corrected chi connectivity index (χ4v) is 1.48. The van der Waals surface area contributed by atoms with Crippen LogP contribution < -0.4 is 0 Å². The van der Waals surface area contributed by atoms with Gasteiger partial charge in [-0.25, -0.2) is 0 Å². The highest BCUT2D eigenvalue weighted by atomic mass is 14.8. The van der Waals surface area contributed by atoms with Gasteiger partial charge in [0.25, 0.3) is 0 Å². The number of hydrogen-bond acceptors (Lipinski definition) is 2. The van der Waals surface area contributed by atoms with Crippen LogP contribution in [0.3, 0.4) is 0 Å². The largest absolute Gasteiger partial charge is 0.264 e. The Morgan fingerprint density at radius 3 is 2.75 bits per heavy atom. The number of pyridine rings is 1. The van der Waals surface area contributed by atoms with E-state index in [1.807, 2.05) is 12.3 Å². The molecule has 2 heteroatoms. The zero-order valence-electron chi connectivity index (χ0n) is 7.63. The first-order chi connectivity index (χ1) is 5.62. The van der Waals surface area contributed by atoms with E-state index < -0.39 is 0 Å². The van der Waals surface area contributed by atoms with Crippen LogP contribution in [0.5, 0.6) is 0 Å². The van der Waals surface area contributed by atoms with E-state index in [4.69, 9.17) is 0 Å². The minimum atomic E-state index is 0.0730. The molecule has 0 radical (unpaired) electrons. The summed E-state index contributed by atoms with van der Waals surface area (Å²) in [7, 11) is 0. The molecule has 1 aromatic rings. The minimum absolute atomic E-state index is 0.0730. The number of nitrogens with zero attached hydrogens (tertiary/aromatic N) is 2. The van der Waals surface area contributed by atoms with Crippen molar-refractivity contribution in [2.45, 2.75) is 26.2 Å². The number of aromatic nitrogens is 1. The van der Waals surface area contributed by atoms with E-state index in [0.29, 0.717) is 0 Å². The molecule has 12 heavy (non-hydrogen) atoms. The number of aliphatic imine (C=N–C) groups is 1. The molecule has 62 valence electrons. The highest BCUT2D eigenvalue weighted by Gasteiger charge is 2.31. The van der Waals surface area contributed by atoms with Crippen LogP contribution in [0.2, 0.25) is 0 Å². The second-order valence-electron chi connectivity index (χ2n) is 3.72. The van der Waals surface area contributed by atoms with E-state index in [9.17, 15) is 0 Å². The maximum atomic E-state index is 4.48. The van der Waals surface area contributed by atoms with Gasteiger partial charge < -0.3 is 0 Å². The normalized spacial score (nSPS) is 18.8. The van der Waals surface area contributed by atoms with Gasteiger partial charge in [0, 0.05) is 29.1 Å². The monoisotopic (exact) mass is 160 g/mol. The molecule has 1 aliphatic heterocycles. The number of fused-ring (bicyclic) bond motifs is 1. The Morgan fingerprint density at radius 2 is 2.08 bits per heavy atom. The van der Waals surface area contributed by atoms with E-state index in [0.717, 1.165) is 5.69 Å². The van der Waals surface area contributed by atoms with E-state index in [1.54, 1.807) is 6.20 Å². The fraction of sp³-hybridized carbons (Fsp3) is 0.400. The standard InChI is InChI=1S/C10H12N2/c1-7-10(2,3)8-6-11-5-4-9(8)12-7/h4-6H,1-3H3. The molecular weight excluding hydrogens is 148 g/mol. The van der Waals surface area contributed by atoms with Crippen LogP contribution in [0.15, 0.2) is 23.5 Å². The summed E-state index contributed by atoms with van der Waals surface area (Å²) in [5, 5.41) is 0. The van der Waals surface area contributed by atoms with Gasteiger partial charge in [-0.15, -0.1) is 0 Å². The summed E-state index contributed by atoms with van der Waals surface area (Å²) in [5.41, 5.74) is 3.56. The molecule has 0 aliphatic carbocycles. The lowest BCUT2D eigenvalue weighted by atomic mass is 9.83. The summed E-state index contributed by atoms with van der Waals surface area (Å²) in [6.45, 7) is 6.43. The molecule has 0 bridgehead atoms. The Kier molecular flexibility index (Phi) is 1.34. The predicted octanol–water partition coefficient (Wildman–Crippen LogP) is 2.47. The third-order valence-corrected chi connectivity index (χ3v) is 2.66. The van der Waals surface area contributed by atoms with Crippen LogP contribution in [-0.2, 0) is 5.41 Å². The molecule has 0 fully saturated rings. The highest BCUT2D eigenvalue weighted by Crippen LogP contribution is 2.38. The maximum Gasteiger partial charge on any atom is 0.0701 e. The smallest absolute Gasteiger partial charge is 0.0701 e. The molecular formula is C10H12N2. The Balaban J connectivity index is 2.66. The van der Waals surface area contributed by atoms with E-state index >= 15 is 0 Å². The third kappa shape index (κ3) is 0.809. The first kappa shape index (κ1) is 7.47. The van der Waals surface area contributed by atoms with Crippen molar-refractivity contribution in [2.75, 3.05) is 0 Å². The molecule has 0 amide bonds. The van der Waals surface area contributed by atoms with Gasteiger partial charge in [-0.05, 0) is 13.0 Å². The molecule has 0 atom stereocenters. The summed E-state index contributed by atoms with van der Waals surface area (Å²) in [5.74, 6) is 0. The van der Waals surface area contributed by atoms with Crippen LogP contribution in [0.1, 0.15) is 26.3 Å². The van der Waals surface area contributed by atoms with E-state index in [1.165, 1.54) is 11.3 Å². The summed E-state index contributed by atoms with van der Waals surface area (Å²) in [6.07, 6.45) is 3.70. The van der Waals surface area contributed by atoms with Gasteiger partial charge in [-0.1, -0.05) is 13.8 Å². The molecule has 2 nitrogen and oxygen atoms in total. The van der Waals surface area contributed by atoms with Crippen molar-refractivity contribution < 1.29 is 0 Å². The van der Waals surface area contributed by atoms with Gasteiger partial charge in [-0.3, -0.25) is 9.98 Å². The van der Waals surface area contributed by atoms with Crippen molar-refractivity contribution >= 4 is 11.4 Å². The highest BCUT2D eigenvalue weighted by molar-refractivity contribution is 5.99. The van der Waals surface area contributed by atoms with Gasteiger partial charge in [0.05, 0.1) is 5.69 Å². The fourth-order valence-electron chi connectivity index (χ4n) is 1.48. The molecule has 0 N–H and O–H groups in total. The summed E-state index contributed by atoms with van der Waals surface area (Å²) in [4.78, 5) is 8.59. The van der Waals surface area contributed by atoms with Gasteiger partial charge in [0.15, 0.2) is 0 Å². The molecule has 2 rings (SSSR count). The third-order valence-electron chi connectivity index (χ3n) is 2.66. The molecule has 2 heterocycles. The molecule has 0 saturated heterocycles. The molecule has 0 unspecified atom stereocenters. The van der Waals surface area contributed by atoms with Crippen molar-refractivity contribution in [1.82, 2.24) is 4.98 Å².